The second-order valence-electron chi connectivity index (χ2n) is 6.94. The van der Waals surface area contributed by atoms with E-state index in [1.807, 2.05) is 0 Å². The van der Waals surface area contributed by atoms with Gasteiger partial charge in [-0.2, -0.15) is 0 Å². The zero-order valence-corrected chi connectivity index (χ0v) is 17.6. The lowest BCUT2D eigenvalue weighted by Crippen LogP contribution is -2.27. The van der Waals surface area contributed by atoms with Crippen molar-refractivity contribution in [1.29, 1.82) is 0 Å². The Morgan fingerprint density at radius 2 is 1.66 bits per heavy atom. The Morgan fingerprint density at radius 3 is 2.31 bits per heavy atom. The second-order valence-corrected chi connectivity index (χ2v) is 6.94. The molecule has 3 aromatic rings. The number of amides is 3. The highest BCUT2D eigenvalue weighted by molar-refractivity contribution is 6.04. The summed E-state index contributed by atoms with van der Waals surface area (Å²) in [4.78, 5) is 41.0. The Balaban J connectivity index is 1.61. The summed E-state index contributed by atoms with van der Waals surface area (Å²) >= 11 is 0. The van der Waals surface area contributed by atoms with Gasteiger partial charge in [0.2, 0.25) is 11.8 Å². The fourth-order valence-corrected chi connectivity index (χ4v) is 2.55. The van der Waals surface area contributed by atoms with Crippen LogP contribution >= 0.6 is 0 Å². The maximum Gasteiger partial charge on any atom is 0.259 e. The predicted octanol–water partition coefficient (Wildman–Crippen LogP) is 2.69. The van der Waals surface area contributed by atoms with E-state index >= 15 is 0 Å². The third-order valence-corrected chi connectivity index (χ3v) is 4.29. The highest BCUT2D eigenvalue weighted by atomic mass is 16.5. The van der Waals surface area contributed by atoms with E-state index in [0.29, 0.717) is 28.3 Å². The van der Waals surface area contributed by atoms with Gasteiger partial charge in [-0.3, -0.25) is 14.4 Å². The smallest absolute Gasteiger partial charge is 0.259 e. The van der Waals surface area contributed by atoms with E-state index < -0.39 is 5.91 Å². The number of benzene rings is 2. The lowest BCUT2D eigenvalue weighted by atomic mass is 10.2. The largest absolute Gasteiger partial charge is 0.484 e. The fourth-order valence-electron chi connectivity index (χ4n) is 2.55. The van der Waals surface area contributed by atoms with Crippen LogP contribution in [0.3, 0.4) is 0 Å². The first kappa shape index (κ1) is 22.3. The molecule has 0 aliphatic heterocycles. The summed E-state index contributed by atoms with van der Waals surface area (Å²) in [5, 5.41) is 2.73. The summed E-state index contributed by atoms with van der Waals surface area (Å²) in [5.41, 5.74) is 6.41. The number of nitrogens with two attached hydrogens (primary N) is 1. The number of carbonyl (C=O) groups excluding carboxylic acids is 3. The molecule has 0 aliphatic rings. The Kier molecular flexibility index (Phi) is 7.02. The van der Waals surface area contributed by atoms with Crippen LogP contribution in [0.2, 0.25) is 0 Å². The van der Waals surface area contributed by atoms with E-state index in [0.717, 1.165) is 0 Å². The van der Waals surface area contributed by atoms with Crippen LogP contribution in [0.4, 0.5) is 5.69 Å². The molecule has 3 rings (SSSR count). The maximum atomic E-state index is 12.5. The minimum atomic E-state index is -0.555. The van der Waals surface area contributed by atoms with Crippen LogP contribution in [0.5, 0.6) is 17.4 Å². The monoisotopic (exact) mass is 434 g/mol. The number of rotatable bonds is 8. The molecule has 0 unspecified atom stereocenters. The third kappa shape index (κ3) is 6.05. The number of primary amides is 1. The SMILES string of the molecule is CN(C)C(=O)COc1cccc(C(=O)Nc2ccc(Oc3cccc(C(N)=O)c3)nc2)c1. The zero-order valence-electron chi connectivity index (χ0n) is 17.6. The number of ether oxygens (including phenoxy) is 2. The van der Waals surface area contributed by atoms with E-state index in [4.69, 9.17) is 15.2 Å². The molecule has 0 spiro atoms. The molecule has 0 saturated carbocycles. The molecule has 0 bridgehead atoms. The number of likely N-dealkylation sites (N-methyl/N-ethyl adjacent to an activating group) is 1. The molecule has 3 amide bonds. The van der Waals surface area contributed by atoms with Gasteiger partial charge in [-0.25, -0.2) is 4.98 Å². The summed E-state index contributed by atoms with van der Waals surface area (Å²) < 4.78 is 11.0. The molecule has 9 nitrogen and oxygen atoms in total. The topological polar surface area (TPSA) is 124 Å². The summed E-state index contributed by atoms with van der Waals surface area (Å²) in [6.45, 7) is -0.119. The van der Waals surface area contributed by atoms with Gasteiger partial charge in [0.25, 0.3) is 11.8 Å². The second kappa shape index (κ2) is 10.1. The lowest BCUT2D eigenvalue weighted by molar-refractivity contribution is -0.130. The van der Waals surface area contributed by atoms with Gasteiger partial charge < -0.3 is 25.4 Å². The Labute approximate surface area is 184 Å². The van der Waals surface area contributed by atoms with Gasteiger partial charge in [0.1, 0.15) is 11.5 Å². The third-order valence-electron chi connectivity index (χ3n) is 4.29. The molecule has 1 aromatic heterocycles. The molecular formula is C23H22N4O5. The first-order valence-electron chi connectivity index (χ1n) is 9.60. The van der Waals surface area contributed by atoms with Crippen molar-refractivity contribution in [2.45, 2.75) is 0 Å². The number of hydrogen-bond donors (Lipinski definition) is 2. The predicted molar refractivity (Wildman–Crippen MR) is 118 cm³/mol. The maximum absolute atomic E-state index is 12.5. The quantitative estimate of drug-likeness (QED) is 0.562. The zero-order chi connectivity index (χ0) is 23.1. The van der Waals surface area contributed by atoms with Crippen molar-refractivity contribution < 1.29 is 23.9 Å². The first-order valence-corrected chi connectivity index (χ1v) is 9.60. The summed E-state index contributed by atoms with van der Waals surface area (Å²) in [7, 11) is 3.27. The van der Waals surface area contributed by atoms with Crippen molar-refractivity contribution in [3.05, 3.63) is 78.0 Å². The molecule has 3 N–H and O–H groups in total. The number of pyridine rings is 1. The van der Waals surface area contributed by atoms with Crippen molar-refractivity contribution in [2.75, 3.05) is 26.0 Å². The minimum absolute atomic E-state index is 0.119. The molecule has 0 fully saturated rings. The first-order chi connectivity index (χ1) is 15.3. The van der Waals surface area contributed by atoms with Crippen LogP contribution in [0.25, 0.3) is 0 Å². The number of carbonyl (C=O) groups is 3. The molecule has 2 aromatic carbocycles. The fraction of sp³-hybridized carbons (Fsp3) is 0.130. The van der Waals surface area contributed by atoms with Crippen LogP contribution < -0.4 is 20.5 Å². The molecule has 0 aliphatic carbocycles. The molecule has 32 heavy (non-hydrogen) atoms. The molecule has 9 heteroatoms. The van der Waals surface area contributed by atoms with Gasteiger partial charge >= 0.3 is 0 Å². The van der Waals surface area contributed by atoms with E-state index in [2.05, 4.69) is 10.3 Å². The molecular weight excluding hydrogens is 412 g/mol. The Hall–Kier alpha value is -4.40. The number of aromatic nitrogens is 1. The summed E-state index contributed by atoms with van der Waals surface area (Å²) in [6, 6.07) is 16.2. The van der Waals surface area contributed by atoms with Crippen LogP contribution in [0.1, 0.15) is 20.7 Å². The van der Waals surface area contributed by atoms with Crippen molar-refractivity contribution >= 4 is 23.4 Å². The van der Waals surface area contributed by atoms with E-state index in [-0.39, 0.29) is 24.3 Å². The van der Waals surface area contributed by atoms with Gasteiger partial charge in [0.05, 0.1) is 11.9 Å². The highest BCUT2D eigenvalue weighted by Crippen LogP contribution is 2.22. The van der Waals surface area contributed by atoms with Crippen LogP contribution in [-0.4, -0.2) is 48.3 Å². The van der Waals surface area contributed by atoms with Gasteiger partial charge in [-0.05, 0) is 42.5 Å². The number of anilines is 1. The van der Waals surface area contributed by atoms with E-state index in [1.165, 1.54) is 17.2 Å². The molecule has 1 heterocycles. The van der Waals surface area contributed by atoms with Crippen molar-refractivity contribution in [1.82, 2.24) is 9.88 Å². The summed E-state index contributed by atoms with van der Waals surface area (Å²) in [6.07, 6.45) is 1.45. The molecule has 0 saturated heterocycles. The molecule has 164 valence electrons. The number of nitrogens with zero attached hydrogens (tertiary/aromatic N) is 2. The van der Waals surface area contributed by atoms with Gasteiger partial charge in [0, 0.05) is 31.3 Å². The summed E-state index contributed by atoms with van der Waals surface area (Å²) in [5.74, 6) is 0.00230. The van der Waals surface area contributed by atoms with E-state index in [9.17, 15) is 14.4 Å². The van der Waals surface area contributed by atoms with Crippen LogP contribution in [0, 0.1) is 0 Å². The average Bonchev–Trinajstić information content (AvgIpc) is 2.79. The van der Waals surface area contributed by atoms with Crippen molar-refractivity contribution in [3.8, 4) is 17.4 Å². The number of hydrogen-bond acceptors (Lipinski definition) is 6. The van der Waals surface area contributed by atoms with Crippen LogP contribution in [-0.2, 0) is 4.79 Å². The normalized spacial score (nSPS) is 10.2. The van der Waals surface area contributed by atoms with Gasteiger partial charge in [-0.15, -0.1) is 0 Å². The van der Waals surface area contributed by atoms with Crippen LogP contribution in [0.15, 0.2) is 66.9 Å². The number of nitrogens with one attached hydrogen (secondary N) is 1. The highest BCUT2D eigenvalue weighted by Gasteiger charge is 2.10. The lowest BCUT2D eigenvalue weighted by Gasteiger charge is -2.12. The van der Waals surface area contributed by atoms with Gasteiger partial charge in [0.15, 0.2) is 6.61 Å². The molecule has 0 atom stereocenters. The van der Waals surface area contributed by atoms with Crippen molar-refractivity contribution in [3.63, 3.8) is 0 Å². The van der Waals surface area contributed by atoms with Gasteiger partial charge in [-0.1, -0.05) is 12.1 Å². The van der Waals surface area contributed by atoms with E-state index in [1.54, 1.807) is 68.7 Å². The standard InChI is InChI=1S/C23H22N4O5/c1-27(2)21(28)14-31-18-7-4-6-16(12-18)23(30)26-17-9-10-20(25-13-17)32-19-8-3-5-15(11-19)22(24)29/h3-13H,14H2,1-2H3,(H2,24,29)(H,26,30). The Bertz CT molecular complexity index is 1130. The minimum Gasteiger partial charge on any atom is -0.484 e. The average molecular weight is 434 g/mol. The Morgan fingerprint density at radius 1 is 0.969 bits per heavy atom. The van der Waals surface area contributed by atoms with Crippen molar-refractivity contribution in [2.24, 2.45) is 5.73 Å². The molecule has 0 radical (unpaired) electrons.